The fraction of sp³-hybridized carbons (Fsp3) is 0.667. The standard InChI is InChI=1S/C12H14O4/c13-11-5-9(6-15-11)16-12(14)10-4-7-1-2-8(10)3-7/h1-2,7-10H,3-6H2. The minimum Gasteiger partial charge on any atom is -0.462 e. The Labute approximate surface area is 93.6 Å². The second kappa shape index (κ2) is 3.61. The third kappa shape index (κ3) is 1.62. The van der Waals surface area contributed by atoms with E-state index in [-0.39, 0.29) is 37.0 Å². The molecule has 1 aliphatic heterocycles. The van der Waals surface area contributed by atoms with Crippen molar-refractivity contribution in [3.63, 3.8) is 0 Å². The Bertz CT molecular complexity index is 360. The van der Waals surface area contributed by atoms with Crippen LogP contribution in [0, 0.1) is 17.8 Å². The first-order chi connectivity index (χ1) is 7.72. The quantitative estimate of drug-likeness (QED) is 0.518. The predicted molar refractivity (Wildman–Crippen MR) is 54.3 cm³/mol. The molecule has 0 amide bonds. The van der Waals surface area contributed by atoms with E-state index in [4.69, 9.17) is 9.47 Å². The molecule has 2 aliphatic carbocycles. The number of hydrogen-bond donors (Lipinski definition) is 0. The summed E-state index contributed by atoms with van der Waals surface area (Å²) in [5.74, 6) is 0.496. The first kappa shape index (κ1) is 9.87. The Kier molecular flexibility index (Phi) is 2.23. The highest BCUT2D eigenvalue weighted by atomic mass is 16.6. The summed E-state index contributed by atoms with van der Waals surface area (Å²) in [7, 11) is 0. The van der Waals surface area contributed by atoms with Gasteiger partial charge in [-0.3, -0.25) is 9.59 Å². The lowest BCUT2D eigenvalue weighted by molar-refractivity contribution is -0.155. The van der Waals surface area contributed by atoms with Crippen LogP contribution in [-0.4, -0.2) is 24.6 Å². The van der Waals surface area contributed by atoms with E-state index in [1.807, 2.05) is 0 Å². The smallest absolute Gasteiger partial charge is 0.309 e. The van der Waals surface area contributed by atoms with Crippen LogP contribution in [0.3, 0.4) is 0 Å². The molecule has 1 saturated carbocycles. The number of carbonyl (C=O) groups is 2. The summed E-state index contributed by atoms with van der Waals surface area (Å²) in [5, 5.41) is 0. The van der Waals surface area contributed by atoms with Gasteiger partial charge in [-0.2, -0.15) is 0 Å². The molecule has 0 radical (unpaired) electrons. The summed E-state index contributed by atoms with van der Waals surface area (Å²) in [6, 6.07) is 0. The highest BCUT2D eigenvalue weighted by molar-refractivity contribution is 5.76. The first-order valence-electron chi connectivity index (χ1n) is 5.77. The summed E-state index contributed by atoms with van der Waals surface area (Å²) in [6.07, 6.45) is 6.15. The highest BCUT2D eigenvalue weighted by Gasteiger charge is 2.42. The van der Waals surface area contributed by atoms with Gasteiger partial charge in [-0.1, -0.05) is 12.2 Å². The number of rotatable bonds is 2. The van der Waals surface area contributed by atoms with Crippen molar-refractivity contribution < 1.29 is 19.1 Å². The van der Waals surface area contributed by atoms with Crippen molar-refractivity contribution in [2.24, 2.45) is 17.8 Å². The Morgan fingerprint density at radius 1 is 1.38 bits per heavy atom. The average Bonchev–Trinajstić information content (AvgIpc) is 2.93. The van der Waals surface area contributed by atoms with Gasteiger partial charge in [0.25, 0.3) is 0 Å². The second-order valence-corrected chi connectivity index (χ2v) is 4.83. The molecule has 86 valence electrons. The Morgan fingerprint density at radius 2 is 2.25 bits per heavy atom. The molecule has 2 bridgehead atoms. The predicted octanol–water partition coefficient (Wildman–Crippen LogP) is 1.06. The molecule has 4 unspecified atom stereocenters. The van der Waals surface area contributed by atoms with Gasteiger partial charge >= 0.3 is 11.9 Å². The summed E-state index contributed by atoms with van der Waals surface area (Å²) in [5.41, 5.74) is 0. The van der Waals surface area contributed by atoms with Crippen molar-refractivity contribution >= 4 is 11.9 Å². The van der Waals surface area contributed by atoms with E-state index in [1.165, 1.54) is 0 Å². The van der Waals surface area contributed by atoms with Crippen LogP contribution in [0.2, 0.25) is 0 Å². The molecule has 4 nitrogen and oxygen atoms in total. The van der Waals surface area contributed by atoms with Gasteiger partial charge in [-0.15, -0.1) is 0 Å². The third-order valence-electron chi connectivity index (χ3n) is 3.69. The van der Waals surface area contributed by atoms with Gasteiger partial charge < -0.3 is 9.47 Å². The van der Waals surface area contributed by atoms with E-state index in [0.717, 1.165) is 12.8 Å². The zero-order valence-electron chi connectivity index (χ0n) is 8.93. The maximum atomic E-state index is 11.9. The van der Waals surface area contributed by atoms with Crippen LogP contribution in [0.15, 0.2) is 12.2 Å². The number of esters is 2. The molecule has 3 aliphatic rings. The fourth-order valence-electron chi connectivity index (χ4n) is 2.87. The summed E-state index contributed by atoms with van der Waals surface area (Å²) in [6.45, 7) is 0.223. The Morgan fingerprint density at radius 3 is 2.81 bits per heavy atom. The van der Waals surface area contributed by atoms with Crippen LogP contribution in [0.4, 0.5) is 0 Å². The molecule has 3 rings (SSSR count). The van der Waals surface area contributed by atoms with Gasteiger partial charge in [0.05, 0.1) is 12.3 Å². The third-order valence-corrected chi connectivity index (χ3v) is 3.69. The van der Waals surface area contributed by atoms with Crippen LogP contribution in [-0.2, 0) is 19.1 Å². The lowest BCUT2D eigenvalue weighted by Gasteiger charge is -2.18. The SMILES string of the molecule is O=C1CC(OC(=O)C2CC3C=CC2C3)CO1. The molecule has 0 spiro atoms. The number of allylic oxidation sites excluding steroid dienone is 2. The molecule has 4 heteroatoms. The maximum absolute atomic E-state index is 11.9. The molecule has 4 atom stereocenters. The second-order valence-electron chi connectivity index (χ2n) is 4.83. The molecule has 0 aromatic carbocycles. The Hall–Kier alpha value is -1.32. The monoisotopic (exact) mass is 222 g/mol. The first-order valence-corrected chi connectivity index (χ1v) is 5.77. The van der Waals surface area contributed by atoms with Gasteiger partial charge in [0.2, 0.25) is 0 Å². The molecular weight excluding hydrogens is 208 g/mol. The van der Waals surface area contributed by atoms with E-state index in [2.05, 4.69) is 12.2 Å². The minimum atomic E-state index is -0.358. The number of fused-ring (bicyclic) bond motifs is 2. The molecule has 1 saturated heterocycles. The van der Waals surface area contributed by atoms with Crippen molar-refractivity contribution in [3.05, 3.63) is 12.2 Å². The van der Waals surface area contributed by atoms with Crippen molar-refractivity contribution in [1.82, 2.24) is 0 Å². The lowest BCUT2D eigenvalue weighted by atomic mass is 9.94. The van der Waals surface area contributed by atoms with Crippen LogP contribution < -0.4 is 0 Å². The van der Waals surface area contributed by atoms with E-state index < -0.39 is 0 Å². The molecule has 0 aromatic heterocycles. The largest absolute Gasteiger partial charge is 0.462 e. The molecule has 0 N–H and O–H groups in total. The van der Waals surface area contributed by atoms with Crippen molar-refractivity contribution in [3.8, 4) is 0 Å². The summed E-state index contributed by atoms with van der Waals surface area (Å²) >= 11 is 0. The van der Waals surface area contributed by atoms with Crippen LogP contribution >= 0.6 is 0 Å². The zero-order valence-corrected chi connectivity index (χ0v) is 8.93. The molecule has 16 heavy (non-hydrogen) atoms. The molecule has 1 heterocycles. The van der Waals surface area contributed by atoms with Gasteiger partial charge in [0.15, 0.2) is 0 Å². The van der Waals surface area contributed by atoms with E-state index in [9.17, 15) is 9.59 Å². The maximum Gasteiger partial charge on any atom is 0.309 e. The van der Waals surface area contributed by atoms with Gasteiger partial charge in [0, 0.05) is 0 Å². The van der Waals surface area contributed by atoms with E-state index in [0.29, 0.717) is 11.8 Å². The van der Waals surface area contributed by atoms with Crippen LogP contribution in [0.1, 0.15) is 19.3 Å². The van der Waals surface area contributed by atoms with Gasteiger partial charge in [-0.05, 0) is 24.7 Å². The van der Waals surface area contributed by atoms with E-state index in [1.54, 1.807) is 0 Å². The van der Waals surface area contributed by atoms with Gasteiger partial charge in [0.1, 0.15) is 12.7 Å². The number of cyclic esters (lactones) is 1. The number of ether oxygens (including phenoxy) is 2. The van der Waals surface area contributed by atoms with Crippen molar-refractivity contribution in [2.75, 3.05) is 6.61 Å². The normalized spacial score (nSPS) is 40.1. The fourth-order valence-corrected chi connectivity index (χ4v) is 2.87. The molecular formula is C12H14O4. The number of hydrogen-bond acceptors (Lipinski definition) is 4. The van der Waals surface area contributed by atoms with Crippen LogP contribution in [0.5, 0.6) is 0 Å². The van der Waals surface area contributed by atoms with Crippen LogP contribution in [0.25, 0.3) is 0 Å². The van der Waals surface area contributed by atoms with Crippen molar-refractivity contribution in [2.45, 2.75) is 25.4 Å². The topological polar surface area (TPSA) is 52.6 Å². The average molecular weight is 222 g/mol. The van der Waals surface area contributed by atoms with E-state index >= 15 is 0 Å². The highest BCUT2D eigenvalue weighted by Crippen LogP contribution is 2.44. The lowest BCUT2D eigenvalue weighted by Crippen LogP contribution is -2.27. The zero-order chi connectivity index (χ0) is 11.1. The molecule has 2 fully saturated rings. The minimum absolute atomic E-state index is 0.00528. The van der Waals surface area contributed by atoms with Crippen molar-refractivity contribution in [1.29, 1.82) is 0 Å². The number of carbonyl (C=O) groups excluding carboxylic acids is 2. The molecule has 0 aromatic rings. The summed E-state index contributed by atoms with van der Waals surface area (Å²) < 4.78 is 10.1. The summed E-state index contributed by atoms with van der Waals surface area (Å²) in [4.78, 5) is 22.7. The van der Waals surface area contributed by atoms with Gasteiger partial charge in [-0.25, -0.2) is 0 Å². The Balaban J connectivity index is 1.58.